The number of esters is 1. The zero-order valence-electron chi connectivity index (χ0n) is 11.0. The number of carbonyl (C=O) groups is 1. The number of ether oxygens (including phenoxy) is 2. The highest BCUT2D eigenvalue weighted by Crippen LogP contribution is 2.13. The van der Waals surface area contributed by atoms with Crippen LogP contribution in [0.25, 0.3) is 0 Å². The first kappa shape index (κ1) is 15.1. The van der Waals surface area contributed by atoms with Crippen molar-refractivity contribution in [2.75, 3.05) is 39.5 Å². The quantitative estimate of drug-likeness (QED) is 0.534. The van der Waals surface area contributed by atoms with Crippen LogP contribution in [0.5, 0.6) is 0 Å². The molecule has 0 aliphatic carbocycles. The topological polar surface area (TPSA) is 59.0 Å². The Balaban J connectivity index is 2.13. The van der Waals surface area contributed by atoms with E-state index in [9.17, 15) is 4.79 Å². The molecule has 18 heavy (non-hydrogen) atoms. The summed E-state index contributed by atoms with van der Waals surface area (Å²) in [6.07, 6.45) is 5.55. The van der Waals surface area contributed by atoms with Crippen molar-refractivity contribution < 1.29 is 19.4 Å². The molecule has 0 spiro atoms. The molecule has 0 aromatic rings. The molecule has 104 valence electrons. The summed E-state index contributed by atoms with van der Waals surface area (Å²) in [6.45, 7) is 5.41. The van der Waals surface area contributed by atoms with Gasteiger partial charge in [0.25, 0.3) is 0 Å². The van der Waals surface area contributed by atoms with Gasteiger partial charge in [-0.15, -0.1) is 0 Å². The number of hydrogen-bond acceptors (Lipinski definition) is 5. The average molecular weight is 257 g/mol. The number of piperidine rings is 1. The number of hydrogen-bond donors (Lipinski definition) is 1. The van der Waals surface area contributed by atoms with Crippen LogP contribution in [0, 0.1) is 0 Å². The minimum atomic E-state index is -0.279. The van der Waals surface area contributed by atoms with E-state index in [-0.39, 0.29) is 18.7 Å². The fourth-order valence-electron chi connectivity index (χ4n) is 1.97. The maximum absolute atomic E-state index is 11.1. The van der Waals surface area contributed by atoms with Crippen LogP contribution in [0.4, 0.5) is 0 Å². The standard InChI is InChI=1S/C13H23NO4/c1-2-17-13(16)4-3-7-14-8-5-12(6-9-14)18-11-10-15/h3-4,12,15H,2,5-11H2,1H3/b4-3+. The van der Waals surface area contributed by atoms with Crippen LogP contribution in [0.15, 0.2) is 12.2 Å². The Labute approximate surface area is 108 Å². The Bertz CT molecular complexity index is 260. The van der Waals surface area contributed by atoms with Gasteiger partial charge in [0.05, 0.1) is 25.9 Å². The predicted octanol–water partition coefficient (Wildman–Crippen LogP) is 0.579. The molecular formula is C13H23NO4. The summed E-state index contributed by atoms with van der Waals surface area (Å²) < 4.78 is 10.3. The van der Waals surface area contributed by atoms with Gasteiger partial charge in [-0.3, -0.25) is 4.90 Å². The van der Waals surface area contributed by atoms with E-state index in [0.29, 0.717) is 13.2 Å². The fourth-order valence-corrected chi connectivity index (χ4v) is 1.97. The molecule has 0 unspecified atom stereocenters. The summed E-state index contributed by atoms with van der Waals surface area (Å²) in [5.74, 6) is -0.279. The molecule has 1 fully saturated rings. The van der Waals surface area contributed by atoms with Gasteiger partial charge in [0.1, 0.15) is 0 Å². The molecule has 1 N–H and O–H groups in total. The van der Waals surface area contributed by atoms with Gasteiger partial charge in [-0.2, -0.15) is 0 Å². The van der Waals surface area contributed by atoms with E-state index in [4.69, 9.17) is 14.6 Å². The lowest BCUT2D eigenvalue weighted by Crippen LogP contribution is -2.37. The van der Waals surface area contributed by atoms with Crippen LogP contribution in [0.2, 0.25) is 0 Å². The number of nitrogens with zero attached hydrogens (tertiary/aromatic N) is 1. The molecule has 0 bridgehead atoms. The van der Waals surface area contributed by atoms with E-state index < -0.39 is 0 Å². The van der Waals surface area contributed by atoms with Crippen LogP contribution in [-0.4, -0.2) is 61.5 Å². The van der Waals surface area contributed by atoms with Crippen molar-refractivity contribution in [3.05, 3.63) is 12.2 Å². The first-order valence-electron chi connectivity index (χ1n) is 6.54. The highest BCUT2D eigenvalue weighted by atomic mass is 16.5. The van der Waals surface area contributed by atoms with Crippen molar-refractivity contribution in [2.24, 2.45) is 0 Å². The summed E-state index contributed by atoms with van der Waals surface area (Å²) in [7, 11) is 0. The van der Waals surface area contributed by atoms with Crippen molar-refractivity contribution in [3.63, 3.8) is 0 Å². The first-order valence-corrected chi connectivity index (χ1v) is 6.54. The molecule has 5 nitrogen and oxygen atoms in total. The summed E-state index contributed by atoms with van der Waals surface area (Å²) in [5.41, 5.74) is 0. The van der Waals surface area contributed by atoms with E-state index in [1.807, 2.05) is 6.08 Å². The second kappa shape index (κ2) is 9.08. The number of likely N-dealkylation sites (tertiary alicyclic amines) is 1. The molecule has 1 aliphatic heterocycles. The van der Waals surface area contributed by atoms with Gasteiger partial charge in [0.2, 0.25) is 0 Å². The van der Waals surface area contributed by atoms with Crippen LogP contribution < -0.4 is 0 Å². The number of aliphatic hydroxyl groups excluding tert-OH is 1. The van der Waals surface area contributed by atoms with Gasteiger partial charge in [0, 0.05) is 25.7 Å². The molecule has 0 amide bonds. The zero-order valence-corrected chi connectivity index (χ0v) is 11.0. The molecule has 5 heteroatoms. The maximum Gasteiger partial charge on any atom is 0.330 e. The van der Waals surface area contributed by atoms with E-state index in [0.717, 1.165) is 32.5 Å². The van der Waals surface area contributed by atoms with Gasteiger partial charge in [-0.25, -0.2) is 4.79 Å². The number of carbonyl (C=O) groups excluding carboxylic acids is 1. The monoisotopic (exact) mass is 257 g/mol. The van der Waals surface area contributed by atoms with Crippen molar-refractivity contribution in [2.45, 2.75) is 25.9 Å². The van der Waals surface area contributed by atoms with E-state index in [1.165, 1.54) is 6.08 Å². The summed E-state index contributed by atoms with van der Waals surface area (Å²) >= 11 is 0. The van der Waals surface area contributed by atoms with Gasteiger partial charge >= 0.3 is 5.97 Å². The fraction of sp³-hybridized carbons (Fsp3) is 0.769. The normalized spacial score (nSPS) is 18.3. The minimum Gasteiger partial charge on any atom is -0.463 e. The first-order chi connectivity index (χ1) is 8.76. The SMILES string of the molecule is CCOC(=O)/C=C/CN1CCC(OCCO)CC1. The molecule has 1 aliphatic rings. The van der Waals surface area contributed by atoms with Crippen LogP contribution in [0.1, 0.15) is 19.8 Å². The summed E-state index contributed by atoms with van der Waals surface area (Å²) in [6, 6.07) is 0. The summed E-state index contributed by atoms with van der Waals surface area (Å²) in [5, 5.41) is 8.67. The summed E-state index contributed by atoms with van der Waals surface area (Å²) in [4.78, 5) is 13.4. The number of rotatable bonds is 7. The van der Waals surface area contributed by atoms with Gasteiger partial charge in [0.15, 0.2) is 0 Å². The van der Waals surface area contributed by atoms with Crippen molar-refractivity contribution in [3.8, 4) is 0 Å². The Hall–Kier alpha value is -0.910. The lowest BCUT2D eigenvalue weighted by molar-refractivity contribution is -0.137. The molecule has 0 atom stereocenters. The second-order valence-electron chi connectivity index (χ2n) is 4.25. The van der Waals surface area contributed by atoms with Crippen LogP contribution in [0.3, 0.4) is 0 Å². The third-order valence-corrected chi connectivity index (χ3v) is 2.88. The molecule has 1 saturated heterocycles. The molecule has 1 heterocycles. The smallest absolute Gasteiger partial charge is 0.330 e. The number of aliphatic hydroxyl groups is 1. The molecular weight excluding hydrogens is 234 g/mol. The van der Waals surface area contributed by atoms with E-state index >= 15 is 0 Å². The molecule has 0 aromatic heterocycles. The Morgan fingerprint density at radius 1 is 1.44 bits per heavy atom. The molecule has 0 radical (unpaired) electrons. The van der Waals surface area contributed by atoms with Gasteiger partial charge < -0.3 is 14.6 Å². The van der Waals surface area contributed by atoms with Crippen molar-refractivity contribution >= 4 is 5.97 Å². The molecule has 0 aromatic carbocycles. The predicted molar refractivity (Wildman–Crippen MR) is 68.3 cm³/mol. The molecule has 0 saturated carbocycles. The maximum atomic E-state index is 11.1. The Morgan fingerprint density at radius 3 is 2.78 bits per heavy atom. The van der Waals surface area contributed by atoms with Crippen LogP contribution >= 0.6 is 0 Å². The highest BCUT2D eigenvalue weighted by molar-refractivity contribution is 5.81. The highest BCUT2D eigenvalue weighted by Gasteiger charge is 2.18. The second-order valence-corrected chi connectivity index (χ2v) is 4.25. The molecule has 1 rings (SSSR count). The lowest BCUT2D eigenvalue weighted by atomic mass is 10.1. The zero-order chi connectivity index (χ0) is 13.2. The minimum absolute atomic E-state index is 0.0858. The third-order valence-electron chi connectivity index (χ3n) is 2.88. The third kappa shape index (κ3) is 6.14. The van der Waals surface area contributed by atoms with Crippen LogP contribution in [-0.2, 0) is 14.3 Å². The average Bonchev–Trinajstić information content (AvgIpc) is 2.38. The van der Waals surface area contributed by atoms with E-state index in [1.54, 1.807) is 6.92 Å². The van der Waals surface area contributed by atoms with Gasteiger partial charge in [-0.1, -0.05) is 6.08 Å². The largest absolute Gasteiger partial charge is 0.463 e. The Morgan fingerprint density at radius 2 is 2.17 bits per heavy atom. The Kier molecular flexibility index (Phi) is 7.64. The van der Waals surface area contributed by atoms with Gasteiger partial charge in [-0.05, 0) is 19.8 Å². The van der Waals surface area contributed by atoms with Crippen molar-refractivity contribution in [1.82, 2.24) is 4.90 Å². The van der Waals surface area contributed by atoms with E-state index in [2.05, 4.69) is 4.90 Å². The van der Waals surface area contributed by atoms with Crippen molar-refractivity contribution in [1.29, 1.82) is 0 Å². The lowest BCUT2D eigenvalue weighted by Gasteiger charge is -2.30.